The Kier molecular flexibility index (Phi) is 5.99. The summed E-state index contributed by atoms with van der Waals surface area (Å²) in [5, 5.41) is 15.7. The number of carbonyl (C=O) groups excluding carboxylic acids is 1. The fourth-order valence-corrected chi connectivity index (χ4v) is 4.08. The van der Waals surface area contributed by atoms with Gasteiger partial charge in [-0.1, -0.05) is 19.3 Å². The van der Waals surface area contributed by atoms with Gasteiger partial charge in [0.15, 0.2) is 0 Å². The van der Waals surface area contributed by atoms with Crippen LogP contribution in [-0.4, -0.2) is 39.7 Å². The molecule has 2 fully saturated rings. The summed E-state index contributed by atoms with van der Waals surface area (Å²) >= 11 is 0. The van der Waals surface area contributed by atoms with Crippen LogP contribution in [0.5, 0.6) is 0 Å². The number of rotatable bonds is 5. The van der Waals surface area contributed by atoms with Gasteiger partial charge in [0.05, 0.1) is 23.6 Å². The summed E-state index contributed by atoms with van der Waals surface area (Å²) in [7, 11) is 0. The van der Waals surface area contributed by atoms with Crippen LogP contribution in [-0.2, 0) is 4.79 Å². The molecule has 7 nitrogen and oxygen atoms in total. The molecule has 1 aliphatic carbocycles. The van der Waals surface area contributed by atoms with Gasteiger partial charge in [0.2, 0.25) is 0 Å². The number of hydrogen-bond donors (Lipinski definition) is 4. The fraction of sp³-hybridized carbons (Fsp3) is 0.611. The van der Waals surface area contributed by atoms with Gasteiger partial charge in [0.25, 0.3) is 5.91 Å². The second-order valence-electron chi connectivity index (χ2n) is 7.03. The molecule has 0 spiro atoms. The van der Waals surface area contributed by atoms with Gasteiger partial charge in [-0.15, -0.1) is 0 Å². The van der Waals surface area contributed by atoms with Gasteiger partial charge in [-0.05, 0) is 44.2 Å². The van der Waals surface area contributed by atoms with Gasteiger partial charge < -0.3 is 10.6 Å². The minimum atomic E-state index is -0.589. The van der Waals surface area contributed by atoms with Crippen molar-refractivity contribution in [1.29, 1.82) is 0 Å². The minimum absolute atomic E-state index is 0.0570. The molecule has 0 aromatic carbocycles. The van der Waals surface area contributed by atoms with Crippen molar-refractivity contribution in [3.8, 4) is 0 Å². The SMILES string of the molecule is O=C(/C=C/c1cnc(N[C@@]2(C3CCCCC3)CCCNC2)cn1)NO. The Morgan fingerprint density at radius 1 is 1.24 bits per heavy atom. The van der Waals surface area contributed by atoms with E-state index in [1.807, 2.05) is 0 Å². The Bertz CT molecular complexity index is 590. The number of carbonyl (C=O) groups is 1. The van der Waals surface area contributed by atoms with Crippen molar-refractivity contribution >= 4 is 17.8 Å². The molecule has 4 N–H and O–H groups in total. The van der Waals surface area contributed by atoms with E-state index in [4.69, 9.17) is 5.21 Å². The number of hydroxylamine groups is 1. The molecule has 1 saturated heterocycles. The second-order valence-corrected chi connectivity index (χ2v) is 7.03. The molecule has 3 rings (SSSR count). The molecule has 1 atom stereocenters. The van der Waals surface area contributed by atoms with Crippen molar-refractivity contribution in [3.05, 3.63) is 24.2 Å². The Hall–Kier alpha value is -1.99. The van der Waals surface area contributed by atoms with Crippen LogP contribution in [0.25, 0.3) is 6.08 Å². The smallest absolute Gasteiger partial charge is 0.267 e. The van der Waals surface area contributed by atoms with Crippen LogP contribution in [0.2, 0.25) is 0 Å². The molecule has 1 amide bonds. The fourth-order valence-electron chi connectivity index (χ4n) is 4.08. The highest BCUT2D eigenvalue weighted by Gasteiger charge is 2.40. The van der Waals surface area contributed by atoms with Crippen molar-refractivity contribution in [2.75, 3.05) is 18.4 Å². The third kappa shape index (κ3) is 4.55. The van der Waals surface area contributed by atoms with Crippen molar-refractivity contribution in [2.45, 2.75) is 50.5 Å². The number of amides is 1. The predicted molar refractivity (Wildman–Crippen MR) is 96.0 cm³/mol. The van der Waals surface area contributed by atoms with E-state index < -0.39 is 5.91 Å². The average molecular weight is 345 g/mol. The maximum Gasteiger partial charge on any atom is 0.267 e. The lowest BCUT2D eigenvalue weighted by molar-refractivity contribution is -0.124. The third-order valence-electron chi connectivity index (χ3n) is 5.37. The number of nitrogens with one attached hydrogen (secondary N) is 3. The highest BCUT2D eigenvalue weighted by molar-refractivity contribution is 5.90. The summed E-state index contributed by atoms with van der Waals surface area (Å²) < 4.78 is 0. The molecule has 0 radical (unpaired) electrons. The van der Waals surface area contributed by atoms with Crippen LogP contribution in [0, 0.1) is 5.92 Å². The molecule has 0 unspecified atom stereocenters. The highest BCUT2D eigenvalue weighted by atomic mass is 16.5. The zero-order chi connectivity index (χ0) is 17.5. The molecule has 1 aromatic rings. The highest BCUT2D eigenvalue weighted by Crippen LogP contribution is 2.38. The number of piperidine rings is 1. The number of nitrogens with zero attached hydrogens (tertiary/aromatic N) is 2. The first-order valence-electron chi connectivity index (χ1n) is 9.15. The van der Waals surface area contributed by atoms with Gasteiger partial charge in [0.1, 0.15) is 5.82 Å². The van der Waals surface area contributed by atoms with E-state index in [1.165, 1.54) is 50.7 Å². The van der Waals surface area contributed by atoms with E-state index >= 15 is 0 Å². The zero-order valence-corrected chi connectivity index (χ0v) is 14.5. The van der Waals surface area contributed by atoms with E-state index in [0.29, 0.717) is 11.6 Å². The summed E-state index contributed by atoms with van der Waals surface area (Å²) in [5.41, 5.74) is 2.18. The Morgan fingerprint density at radius 3 is 2.72 bits per heavy atom. The monoisotopic (exact) mass is 345 g/mol. The minimum Gasteiger partial charge on any atom is -0.362 e. The van der Waals surface area contributed by atoms with Gasteiger partial charge in [0, 0.05) is 12.6 Å². The van der Waals surface area contributed by atoms with E-state index in [2.05, 4.69) is 20.6 Å². The molecule has 136 valence electrons. The first-order chi connectivity index (χ1) is 12.2. The lowest BCUT2D eigenvalue weighted by atomic mass is 9.71. The van der Waals surface area contributed by atoms with E-state index in [9.17, 15) is 4.79 Å². The van der Waals surface area contributed by atoms with Crippen LogP contribution in [0.4, 0.5) is 5.82 Å². The van der Waals surface area contributed by atoms with Crippen LogP contribution in [0.15, 0.2) is 18.5 Å². The van der Waals surface area contributed by atoms with E-state index in [-0.39, 0.29) is 5.54 Å². The molecule has 1 aromatic heterocycles. The van der Waals surface area contributed by atoms with Gasteiger partial charge in [-0.2, -0.15) is 0 Å². The Balaban J connectivity index is 1.71. The third-order valence-corrected chi connectivity index (χ3v) is 5.37. The number of hydrogen-bond acceptors (Lipinski definition) is 6. The number of aromatic nitrogens is 2. The summed E-state index contributed by atoms with van der Waals surface area (Å²) in [6, 6.07) is 0. The summed E-state index contributed by atoms with van der Waals surface area (Å²) in [6.07, 6.45) is 14.9. The quantitative estimate of drug-likeness (QED) is 0.371. The zero-order valence-electron chi connectivity index (χ0n) is 14.5. The maximum absolute atomic E-state index is 11.0. The molecule has 2 heterocycles. The van der Waals surface area contributed by atoms with Crippen molar-refractivity contribution in [2.24, 2.45) is 5.92 Å². The Labute approximate surface area is 148 Å². The maximum atomic E-state index is 11.0. The molecule has 1 saturated carbocycles. The lowest BCUT2D eigenvalue weighted by Crippen LogP contribution is -2.56. The van der Waals surface area contributed by atoms with Crippen molar-refractivity contribution in [1.82, 2.24) is 20.8 Å². The standard InChI is InChI=1S/C18H27N5O2/c24-17(23-25)8-7-15-11-21-16(12-20-15)22-18(9-4-10-19-13-18)14-5-2-1-3-6-14/h7-8,11-12,14,19,25H,1-6,9-10,13H2,(H,21,22)(H,23,24)/b8-7+/t18-/m0/s1. The van der Waals surface area contributed by atoms with Crippen LogP contribution in [0.1, 0.15) is 50.6 Å². The normalized spacial score (nSPS) is 25.0. The van der Waals surface area contributed by atoms with Crippen LogP contribution < -0.4 is 16.1 Å². The first kappa shape index (κ1) is 17.8. The largest absolute Gasteiger partial charge is 0.362 e. The molecular formula is C18H27N5O2. The first-order valence-corrected chi connectivity index (χ1v) is 9.15. The molecule has 1 aliphatic heterocycles. The van der Waals surface area contributed by atoms with Crippen LogP contribution >= 0.6 is 0 Å². The van der Waals surface area contributed by atoms with Crippen LogP contribution in [0.3, 0.4) is 0 Å². The molecule has 25 heavy (non-hydrogen) atoms. The second kappa shape index (κ2) is 8.40. The van der Waals surface area contributed by atoms with Crippen molar-refractivity contribution in [3.63, 3.8) is 0 Å². The molecular weight excluding hydrogens is 318 g/mol. The average Bonchev–Trinajstić information content (AvgIpc) is 2.68. The summed E-state index contributed by atoms with van der Waals surface area (Å²) in [5.74, 6) is 0.857. The Morgan fingerprint density at radius 2 is 2.08 bits per heavy atom. The predicted octanol–water partition coefficient (Wildman–Crippen LogP) is 2.11. The summed E-state index contributed by atoms with van der Waals surface area (Å²) in [4.78, 5) is 19.8. The molecule has 0 bridgehead atoms. The topological polar surface area (TPSA) is 99.2 Å². The van der Waals surface area contributed by atoms with Crippen molar-refractivity contribution < 1.29 is 10.0 Å². The van der Waals surface area contributed by atoms with E-state index in [0.717, 1.165) is 25.3 Å². The molecule has 7 heteroatoms. The van der Waals surface area contributed by atoms with Gasteiger partial charge in [-0.25, -0.2) is 10.5 Å². The van der Waals surface area contributed by atoms with E-state index in [1.54, 1.807) is 17.9 Å². The number of anilines is 1. The van der Waals surface area contributed by atoms with Gasteiger partial charge in [-0.3, -0.25) is 15.0 Å². The summed E-state index contributed by atoms with van der Waals surface area (Å²) in [6.45, 7) is 2.05. The lowest BCUT2D eigenvalue weighted by Gasteiger charge is -2.46. The van der Waals surface area contributed by atoms with Gasteiger partial charge >= 0.3 is 0 Å². The molecule has 2 aliphatic rings.